The van der Waals surface area contributed by atoms with Gasteiger partial charge in [-0.1, -0.05) is 0 Å². The van der Waals surface area contributed by atoms with Crippen LogP contribution < -0.4 is 0 Å². The summed E-state index contributed by atoms with van der Waals surface area (Å²) < 4.78 is 5.34. The van der Waals surface area contributed by atoms with Crippen LogP contribution in [-0.2, 0) is 4.74 Å². The van der Waals surface area contributed by atoms with Crippen LogP contribution in [-0.4, -0.2) is 61.2 Å². The number of aliphatic hydroxyl groups excluding tert-OH is 2. The molecule has 0 aliphatic carbocycles. The molecule has 1 heterocycles. The van der Waals surface area contributed by atoms with E-state index < -0.39 is 0 Å². The van der Waals surface area contributed by atoms with Crippen molar-refractivity contribution in [2.75, 3.05) is 40.0 Å². The lowest BCUT2D eigenvalue weighted by Gasteiger charge is -2.38. The predicted octanol–water partition coefficient (Wildman–Crippen LogP) is 0.478. The summed E-state index contributed by atoms with van der Waals surface area (Å²) in [5, 5.41) is 18.8. The summed E-state index contributed by atoms with van der Waals surface area (Å²) in [6, 6.07) is 0. The number of hydrogen-bond acceptors (Lipinski definition) is 4. The maximum atomic E-state index is 9.54. The number of ether oxygens (including phenoxy) is 1. The molecule has 0 aromatic rings. The van der Waals surface area contributed by atoms with E-state index in [4.69, 9.17) is 4.74 Å². The van der Waals surface area contributed by atoms with Crippen LogP contribution in [0.4, 0.5) is 0 Å². The monoisotopic (exact) mass is 231 g/mol. The lowest BCUT2D eigenvalue weighted by Crippen LogP contribution is -2.43. The second kappa shape index (κ2) is 6.55. The summed E-state index contributed by atoms with van der Waals surface area (Å²) in [5.74, 6) is 0. The van der Waals surface area contributed by atoms with E-state index in [1.807, 2.05) is 6.92 Å². The lowest BCUT2D eigenvalue weighted by atomic mass is 9.80. The van der Waals surface area contributed by atoms with Crippen LogP contribution in [0, 0.1) is 5.41 Å². The summed E-state index contributed by atoms with van der Waals surface area (Å²) in [4.78, 5) is 2.20. The average Bonchev–Trinajstić information content (AvgIpc) is 2.28. The summed E-state index contributed by atoms with van der Waals surface area (Å²) in [7, 11) is 2.05. The second-order valence-corrected chi connectivity index (χ2v) is 5.15. The highest BCUT2D eigenvalue weighted by Gasteiger charge is 2.32. The molecule has 1 aliphatic heterocycles. The minimum Gasteiger partial charge on any atom is -0.396 e. The van der Waals surface area contributed by atoms with Crippen molar-refractivity contribution in [1.82, 2.24) is 4.90 Å². The Morgan fingerprint density at radius 3 is 2.50 bits per heavy atom. The van der Waals surface area contributed by atoms with Crippen LogP contribution >= 0.6 is 0 Å². The van der Waals surface area contributed by atoms with Crippen molar-refractivity contribution < 1.29 is 14.9 Å². The van der Waals surface area contributed by atoms with Gasteiger partial charge in [0.2, 0.25) is 0 Å². The minimum atomic E-state index is -0.248. The van der Waals surface area contributed by atoms with Crippen LogP contribution in [0.25, 0.3) is 0 Å². The number of rotatable bonds is 6. The lowest BCUT2D eigenvalue weighted by molar-refractivity contribution is -0.0318. The smallest absolute Gasteiger partial charge is 0.0524 e. The van der Waals surface area contributed by atoms with Gasteiger partial charge in [-0.25, -0.2) is 0 Å². The third kappa shape index (κ3) is 4.37. The number of hydrogen-bond donors (Lipinski definition) is 2. The Bertz CT molecular complexity index is 191. The molecule has 1 fully saturated rings. The van der Waals surface area contributed by atoms with Gasteiger partial charge in [0.15, 0.2) is 0 Å². The van der Waals surface area contributed by atoms with E-state index >= 15 is 0 Å². The summed E-state index contributed by atoms with van der Waals surface area (Å²) >= 11 is 0. The average molecular weight is 231 g/mol. The van der Waals surface area contributed by atoms with Gasteiger partial charge in [-0.15, -0.1) is 0 Å². The molecule has 1 rings (SSSR count). The van der Waals surface area contributed by atoms with E-state index in [-0.39, 0.29) is 18.1 Å². The first-order valence-electron chi connectivity index (χ1n) is 6.13. The third-order valence-electron chi connectivity index (χ3n) is 3.42. The van der Waals surface area contributed by atoms with E-state index in [1.54, 1.807) is 0 Å². The standard InChI is InChI=1S/C12H25NO3/c1-11(15)3-6-13(2)9-12(10-14)4-7-16-8-5-12/h11,14-15H,3-10H2,1-2H3. The molecule has 0 bridgehead atoms. The zero-order valence-electron chi connectivity index (χ0n) is 10.5. The van der Waals surface area contributed by atoms with Crippen molar-refractivity contribution in [3.8, 4) is 0 Å². The van der Waals surface area contributed by atoms with Gasteiger partial charge < -0.3 is 19.8 Å². The third-order valence-corrected chi connectivity index (χ3v) is 3.42. The summed E-state index contributed by atoms with van der Waals surface area (Å²) in [5.41, 5.74) is 0.00565. The fourth-order valence-corrected chi connectivity index (χ4v) is 2.23. The molecule has 0 saturated carbocycles. The van der Waals surface area contributed by atoms with Crippen LogP contribution in [0.5, 0.6) is 0 Å². The summed E-state index contributed by atoms with van der Waals surface area (Å²) in [6.45, 7) is 5.31. The zero-order chi connectivity index (χ0) is 12.0. The van der Waals surface area contributed by atoms with Crippen molar-refractivity contribution >= 4 is 0 Å². The largest absolute Gasteiger partial charge is 0.396 e. The molecular weight excluding hydrogens is 206 g/mol. The highest BCUT2D eigenvalue weighted by atomic mass is 16.5. The van der Waals surface area contributed by atoms with Gasteiger partial charge >= 0.3 is 0 Å². The molecule has 0 spiro atoms. The fraction of sp³-hybridized carbons (Fsp3) is 1.00. The van der Waals surface area contributed by atoms with Crippen molar-refractivity contribution in [3.63, 3.8) is 0 Å². The van der Waals surface area contributed by atoms with Crippen molar-refractivity contribution in [2.24, 2.45) is 5.41 Å². The number of nitrogens with zero attached hydrogens (tertiary/aromatic N) is 1. The molecule has 0 aromatic carbocycles. The molecule has 0 aromatic heterocycles. The fourth-order valence-electron chi connectivity index (χ4n) is 2.23. The molecule has 0 radical (unpaired) electrons. The van der Waals surface area contributed by atoms with E-state index in [0.717, 1.165) is 45.6 Å². The van der Waals surface area contributed by atoms with Gasteiger partial charge in [0.25, 0.3) is 0 Å². The first-order valence-corrected chi connectivity index (χ1v) is 6.13. The molecule has 4 heteroatoms. The Hall–Kier alpha value is -0.160. The molecule has 1 unspecified atom stereocenters. The molecule has 16 heavy (non-hydrogen) atoms. The highest BCUT2D eigenvalue weighted by Crippen LogP contribution is 2.30. The van der Waals surface area contributed by atoms with Gasteiger partial charge in [0.05, 0.1) is 12.7 Å². The zero-order valence-corrected chi connectivity index (χ0v) is 10.5. The van der Waals surface area contributed by atoms with Gasteiger partial charge in [-0.2, -0.15) is 0 Å². The van der Waals surface area contributed by atoms with Gasteiger partial charge in [0, 0.05) is 31.7 Å². The second-order valence-electron chi connectivity index (χ2n) is 5.15. The maximum absolute atomic E-state index is 9.54. The van der Waals surface area contributed by atoms with Crippen LogP contribution in [0.2, 0.25) is 0 Å². The molecule has 96 valence electrons. The Morgan fingerprint density at radius 2 is 2.00 bits per heavy atom. The maximum Gasteiger partial charge on any atom is 0.0524 e. The normalized spacial score (nSPS) is 22.3. The molecule has 0 amide bonds. The molecular formula is C12H25NO3. The summed E-state index contributed by atoms with van der Waals surface area (Å²) in [6.07, 6.45) is 2.40. The highest BCUT2D eigenvalue weighted by molar-refractivity contribution is 4.84. The molecule has 4 nitrogen and oxygen atoms in total. The van der Waals surface area contributed by atoms with Crippen molar-refractivity contribution in [1.29, 1.82) is 0 Å². The topological polar surface area (TPSA) is 52.9 Å². The van der Waals surface area contributed by atoms with Gasteiger partial charge in [0.1, 0.15) is 0 Å². The SMILES string of the molecule is CC(O)CCN(C)CC1(CO)CCOCC1. The molecule has 1 aliphatic rings. The predicted molar refractivity (Wildman–Crippen MR) is 63.4 cm³/mol. The number of aliphatic hydroxyl groups is 2. The Labute approximate surface area is 98.2 Å². The Kier molecular flexibility index (Phi) is 5.69. The molecule has 1 saturated heterocycles. The quantitative estimate of drug-likeness (QED) is 0.698. The van der Waals surface area contributed by atoms with E-state index in [2.05, 4.69) is 11.9 Å². The first-order chi connectivity index (χ1) is 7.58. The van der Waals surface area contributed by atoms with Crippen molar-refractivity contribution in [2.45, 2.75) is 32.3 Å². The van der Waals surface area contributed by atoms with E-state index in [0.29, 0.717) is 0 Å². The molecule has 1 atom stereocenters. The van der Waals surface area contributed by atoms with Crippen molar-refractivity contribution in [3.05, 3.63) is 0 Å². The van der Waals surface area contributed by atoms with E-state index in [9.17, 15) is 10.2 Å². The first kappa shape index (κ1) is 13.9. The Balaban J connectivity index is 2.36. The van der Waals surface area contributed by atoms with Crippen LogP contribution in [0.1, 0.15) is 26.2 Å². The van der Waals surface area contributed by atoms with E-state index in [1.165, 1.54) is 0 Å². The van der Waals surface area contributed by atoms with Crippen LogP contribution in [0.3, 0.4) is 0 Å². The van der Waals surface area contributed by atoms with Gasteiger partial charge in [-0.3, -0.25) is 0 Å². The molecule has 2 N–H and O–H groups in total. The minimum absolute atomic E-state index is 0.00565. The Morgan fingerprint density at radius 1 is 1.38 bits per heavy atom. The van der Waals surface area contributed by atoms with Crippen LogP contribution in [0.15, 0.2) is 0 Å². The van der Waals surface area contributed by atoms with Gasteiger partial charge in [-0.05, 0) is 33.2 Å².